The van der Waals surface area contributed by atoms with Crippen molar-refractivity contribution in [2.45, 2.75) is 71.1 Å². The molecule has 18 heavy (non-hydrogen) atoms. The fraction of sp³-hybridized carbons (Fsp3) is 1.00. The number of nitrogens with zero attached hydrogens (tertiary/aromatic N) is 1. The quantitative estimate of drug-likeness (QED) is 0.381. The number of aliphatic hydroxyl groups excluding tert-OH is 1. The zero-order valence-corrected chi connectivity index (χ0v) is 12.5. The first-order valence-corrected chi connectivity index (χ1v) is 7.76. The lowest BCUT2D eigenvalue weighted by Gasteiger charge is -2.13. The maximum atomic E-state index is 8.65. The number of unbranched alkanes of at least 4 members (excludes halogenated alkanes) is 9. The Morgan fingerprint density at radius 2 is 1.22 bits per heavy atom. The fourth-order valence-electron chi connectivity index (χ4n) is 1.94. The van der Waals surface area contributed by atoms with E-state index in [4.69, 9.17) is 9.94 Å². The highest BCUT2D eigenvalue weighted by atomic mass is 16.7. The molecule has 0 bridgehead atoms. The standard InChI is InChI=1S/C15H33NO2/c1-3-16(2)18-15-13-11-9-7-5-4-6-8-10-12-14-17/h17H,3-15H2,1-2H3. The minimum atomic E-state index is 0.356. The van der Waals surface area contributed by atoms with Crippen LogP contribution in [0.25, 0.3) is 0 Å². The van der Waals surface area contributed by atoms with Crippen molar-refractivity contribution in [3.05, 3.63) is 0 Å². The molecule has 0 unspecified atom stereocenters. The summed E-state index contributed by atoms with van der Waals surface area (Å²) >= 11 is 0. The van der Waals surface area contributed by atoms with Gasteiger partial charge in [-0.1, -0.05) is 58.3 Å². The molecule has 0 aromatic carbocycles. The fourth-order valence-corrected chi connectivity index (χ4v) is 1.94. The molecule has 0 saturated heterocycles. The van der Waals surface area contributed by atoms with E-state index in [0.717, 1.165) is 19.6 Å². The maximum absolute atomic E-state index is 8.65. The van der Waals surface area contributed by atoms with Gasteiger partial charge in [0.15, 0.2) is 0 Å². The average molecular weight is 259 g/mol. The molecular formula is C15H33NO2. The smallest absolute Gasteiger partial charge is 0.0684 e. The van der Waals surface area contributed by atoms with Crippen LogP contribution in [-0.4, -0.2) is 37.0 Å². The Labute approximate surface area is 113 Å². The molecule has 0 aliphatic carbocycles. The van der Waals surface area contributed by atoms with Gasteiger partial charge in [-0.25, -0.2) is 0 Å². The topological polar surface area (TPSA) is 32.7 Å². The van der Waals surface area contributed by atoms with Crippen LogP contribution >= 0.6 is 0 Å². The van der Waals surface area contributed by atoms with Crippen molar-refractivity contribution in [3.63, 3.8) is 0 Å². The summed E-state index contributed by atoms with van der Waals surface area (Å²) in [5.41, 5.74) is 0. The largest absolute Gasteiger partial charge is 0.396 e. The molecule has 3 nitrogen and oxygen atoms in total. The van der Waals surface area contributed by atoms with Gasteiger partial charge in [0, 0.05) is 20.2 Å². The van der Waals surface area contributed by atoms with Crippen molar-refractivity contribution in [3.8, 4) is 0 Å². The molecule has 0 rings (SSSR count). The van der Waals surface area contributed by atoms with Crippen LogP contribution < -0.4 is 0 Å². The minimum absolute atomic E-state index is 0.356. The van der Waals surface area contributed by atoms with Gasteiger partial charge in [-0.2, -0.15) is 5.06 Å². The second-order valence-corrected chi connectivity index (χ2v) is 5.04. The van der Waals surface area contributed by atoms with E-state index < -0.39 is 0 Å². The number of hydroxylamine groups is 2. The molecule has 0 aliphatic rings. The van der Waals surface area contributed by atoms with E-state index in [-0.39, 0.29) is 0 Å². The lowest BCUT2D eigenvalue weighted by molar-refractivity contribution is -0.137. The van der Waals surface area contributed by atoms with Crippen LogP contribution in [0, 0.1) is 0 Å². The first-order valence-electron chi connectivity index (χ1n) is 7.76. The predicted molar refractivity (Wildman–Crippen MR) is 77.5 cm³/mol. The van der Waals surface area contributed by atoms with Crippen LogP contribution in [0.4, 0.5) is 0 Å². The minimum Gasteiger partial charge on any atom is -0.396 e. The molecule has 0 fully saturated rings. The number of rotatable bonds is 14. The van der Waals surface area contributed by atoms with Crippen molar-refractivity contribution in [1.82, 2.24) is 5.06 Å². The number of hydrogen-bond acceptors (Lipinski definition) is 3. The number of hydrogen-bond donors (Lipinski definition) is 1. The van der Waals surface area contributed by atoms with E-state index in [1.165, 1.54) is 57.8 Å². The Morgan fingerprint density at radius 1 is 0.778 bits per heavy atom. The van der Waals surface area contributed by atoms with Gasteiger partial charge in [0.05, 0.1) is 6.61 Å². The molecule has 0 spiro atoms. The van der Waals surface area contributed by atoms with Crippen molar-refractivity contribution in [1.29, 1.82) is 0 Å². The van der Waals surface area contributed by atoms with Crippen molar-refractivity contribution < 1.29 is 9.94 Å². The highest BCUT2D eigenvalue weighted by Gasteiger charge is 1.95. The van der Waals surface area contributed by atoms with Crippen molar-refractivity contribution >= 4 is 0 Å². The van der Waals surface area contributed by atoms with E-state index in [1.54, 1.807) is 0 Å². The molecule has 0 aliphatic heterocycles. The summed E-state index contributed by atoms with van der Waals surface area (Å²) in [5.74, 6) is 0. The third-order valence-corrected chi connectivity index (χ3v) is 3.31. The summed E-state index contributed by atoms with van der Waals surface area (Å²) in [6.45, 7) is 4.28. The highest BCUT2D eigenvalue weighted by Crippen LogP contribution is 2.10. The van der Waals surface area contributed by atoms with E-state index in [1.807, 2.05) is 12.1 Å². The zero-order valence-electron chi connectivity index (χ0n) is 12.5. The summed E-state index contributed by atoms with van der Waals surface area (Å²) in [7, 11) is 1.98. The Morgan fingerprint density at radius 3 is 1.67 bits per heavy atom. The van der Waals surface area contributed by atoms with E-state index in [9.17, 15) is 0 Å². The normalized spacial score (nSPS) is 11.3. The molecule has 0 radical (unpaired) electrons. The van der Waals surface area contributed by atoms with Crippen molar-refractivity contribution in [2.24, 2.45) is 0 Å². The van der Waals surface area contributed by atoms with Gasteiger partial charge in [-0.15, -0.1) is 0 Å². The van der Waals surface area contributed by atoms with Gasteiger partial charge in [0.2, 0.25) is 0 Å². The summed E-state index contributed by atoms with van der Waals surface area (Å²) in [6, 6.07) is 0. The summed E-state index contributed by atoms with van der Waals surface area (Å²) in [5, 5.41) is 10.5. The van der Waals surface area contributed by atoms with Crippen LogP contribution in [0.3, 0.4) is 0 Å². The molecule has 0 atom stereocenters. The first kappa shape index (κ1) is 17.9. The zero-order chi connectivity index (χ0) is 13.5. The van der Waals surface area contributed by atoms with Gasteiger partial charge < -0.3 is 5.11 Å². The highest BCUT2D eigenvalue weighted by molar-refractivity contribution is 4.47. The van der Waals surface area contributed by atoms with Gasteiger partial charge in [-0.05, 0) is 12.8 Å². The molecule has 3 heteroatoms. The molecule has 0 aromatic heterocycles. The second kappa shape index (κ2) is 14.9. The average Bonchev–Trinajstić information content (AvgIpc) is 2.39. The van der Waals surface area contributed by atoms with Crippen molar-refractivity contribution in [2.75, 3.05) is 26.8 Å². The molecule has 1 N–H and O–H groups in total. The van der Waals surface area contributed by atoms with Gasteiger partial charge >= 0.3 is 0 Å². The third-order valence-electron chi connectivity index (χ3n) is 3.31. The Hall–Kier alpha value is -0.120. The van der Waals surface area contributed by atoms with E-state index in [2.05, 4.69) is 6.92 Å². The Balaban J connectivity index is 2.94. The lowest BCUT2D eigenvalue weighted by atomic mass is 10.1. The molecule has 0 saturated carbocycles. The van der Waals surface area contributed by atoms with Gasteiger partial charge in [0.1, 0.15) is 0 Å². The summed E-state index contributed by atoms with van der Waals surface area (Å²) in [6.07, 6.45) is 12.7. The maximum Gasteiger partial charge on any atom is 0.0684 e. The van der Waals surface area contributed by atoms with E-state index >= 15 is 0 Å². The van der Waals surface area contributed by atoms with Crippen LogP contribution in [0.2, 0.25) is 0 Å². The Kier molecular flexibility index (Phi) is 14.8. The van der Waals surface area contributed by atoms with E-state index in [0.29, 0.717) is 6.61 Å². The third kappa shape index (κ3) is 13.9. The van der Waals surface area contributed by atoms with Crippen LogP contribution in [0.5, 0.6) is 0 Å². The van der Waals surface area contributed by atoms with Crippen LogP contribution in [-0.2, 0) is 4.84 Å². The molecular weight excluding hydrogens is 226 g/mol. The van der Waals surface area contributed by atoms with Gasteiger partial charge in [-0.3, -0.25) is 4.84 Å². The molecule has 0 aromatic rings. The van der Waals surface area contributed by atoms with Crippen LogP contribution in [0.15, 0.2) is 0 Å². The molecule has 110 valence electrons. The lowest BCUT2D eigenvalue weighted by Crippen LogP contribution is -2.18. The SMILES string of the molecule is CCN(C)OCCCCCCCCCCCCO. The number of aliphatic hydroxyl groups is 1. The van der Waals surface area contributed by atoms with Gasteiger partial charge in [0.25, 0.3) is 0 Å². The summed E-state index contributed by atoms with van der Waals surface area (Å²) < 4.78 is 0. The molecule has 0 heterocycles. The monoisotopic (exact) mass is 259 g/mol. The second-order valence-electron chi connectivity index (χ2n) is 5.04. The first-order chi connectivity index (χ1) is 8.81. The Bertz CT molecular complexity index is 153. The summed E-state index contributed by atoms with van der Waals surface area (Å²) in [4.78, 5) is 5.49. The molecule has 0 amide bonds. The van der Waals surface area contributed by atoms with Crippen LogP contribution in [0.1, 0.15) is 71.1 Å². The predicted octanol–water partition coefficient (Wildman–Crippen LogP) is 3.76.